The molecular formula is C27H41N9. The van der Waals surface area contributed by atoms with Crippen LogP contribution in [0.25, 0.3) is 11.2 Å². The fourth-order valence-corrected chi connectivity index (χ4v) is 5.15. The molecule has 1 aliphatic carbocycles. The van der Waals surface area contributed by atoms with Crippen LogP contribution in [0.5, 0.6) is 0 Å². The van der Waals surface area contributed by atoms with Crippen molar-refractivity contribution in [2.75, 3.05) is 56.0 Å². The minimum atomic E-state index is 0.702. The maximum atomic E-state index is 4.82. The lowest BCUT2D eigenvalue weighted by atomic mass is 9.95. The monoisotopic (exact) mass is 491 g/mol. The van der Waals surface area contributed by atoms with E-state index in [-0.39, 0.29) is 0 Å². The average Bonchev–Trinajstić information content (AvgIpc) is 3.42. The summed E-state index contributed by atoms with van der Waals surface area (Å²) < 4.78 is 0. The minimum Gasteiger partial charge on any atom is -0.364 e. The third kappa shape index (κ3) is 6.93. The van der Waals surface area contributed by atoms with Gasteiger partial charge in [0.05, 0.1) is 6.33 Å². The Balaban J connectivity index is 1.05. The van der Waals surface area contributed by atoms with E-state index in [1.54, 1.807) is 6.33 Å². The highest BCUT2D eigenvalue weighted by molar-refractivity contribution is 5.83. The van der Waals surface area contributed by atoms with E-state index in [1.165, 1.54) is 49.7 Å². The molecule has 1 aromatic carbocycles. The Morgan fingerprint density at radius 3 is 2.56 bits per heavy atom. The minimum absolute atomic E-state index is 0.702. The molecule has 1 saturated heterocycles. The second-order valence-electron chi connectivity index (χ2n) is 10.0. The van der Waals surface area contributed by atoms with Crippen LogP contribution < -0.4 is 26.2 Å². The lowest BCUT2D eigenvalue weighted by molar-refractivity contribution is 0.371. The molecule has 1 saturated carbocycles. The number of hydrogen-bond acceptors (Lipinski definition) is 8. The molecule has 5 N–H and O–H groups in total. The van der Waals surface area contributed by atoms with Crippen LogP contribution in [0, 0.1) is 0 Å². The zero-order chi connectivity index (χ0) is 24.4. The number of rotatable bonds is 12. The zero-order valence-electron chi connectivity index (χ0n) is 21.4. The summed E-state index contributed by atoms with van der Waals surface area (Å²) >= 11 is 0. The highest BCUT2D eigenvalue weighted by Gasteiger charge is 2.17. The van der Waals surface area contributed by atoms with Gasteiger partial charge in [-0.25, -0.2) is 4.98 Å². The summed E-state index contributed by atoms with van der Waals surface area (Å²) in [5, 5.41) is 14.2. The first kappa shape index (κ1) is 24.9. The second kappa shape index (κ2) is 13.0. The largest absolute Gasteiger partial charge is 0.364 e. The topological polar surface area (TPSA) is 106 Å². The molecule has 9 nitrogen and oxygen atoms in total. The number of piperazine rings is 1. The summed E-state index contributed by atoms with van der Waals surface area (Å²) in [5.41, 5.74) is 4.15. The highest BCUT2D eigenvalue weighted by atomic mass is 15.3. The van der Waals surface area contributed by atoms with E-state index >= 15 is 0 Å². The van der Waals surface area contributed by atoms with Gasteiger partial charge in [-0.05, 0) is 56.4 Å². The Hall–Kier alpha value is -2.75. The number of hydrogen-bond donors (Lipinski definition) is 5. The number of H-pyrrole nitrogens is 1. The molecule has 9 heteroatoms. The van der Waals surface area contributed by atoms with Crippen LogP contribution in [-0.2, 0) is 13.0 Å². The molecule has 3 aromatic rings. The predicted molar refractivity (Wildman–Crippen MR) is 147 cm³/mol. The highest BCUT2D eigenvalue weighted by Crippen LogP contribution is 2.22. The Morgan fingerprint density at radius 2 is 1.72 bits per heavy atom. The van der Waals surface area contributed by atoms with Crippen LogP contribution in [0.3, 0.4) is 0 Å². The number of nitrogens with zero attached hydrogens (tertiary/aromatic N) is 4. The zero-order valence-corrected chi connectivity index (χ0v) is 21.4. The van der Waals surface area contributed by atoms with Crippen LogP contribution >= 0.6 is 0 Å². The first-order valence-electron chi connectivity index (χ1n) is 13.8. The van der Waals surface area contributed by atoms with E-state index in [4.69, 9.17) is 4.98 Å². The molecule has 0 unspecified atom stereocenters. The van der Waals surface area contributed by atoms with E-state index in [9.17, 15) is 0 Å². The molecular weight excluding hydrogens is 450 g/mol. The van der Waals surface area contributed by atoms with E-state index < -0.39 is 0 Å². The maximum absolute atomic E-state index is 4.82. The molecule has 0 amide bonds. The molecule has 2 aliphatic rings. The lowest BCUT2D eigenvalue weighted by Crippen LogP contribution is -2.44. The Kier molecular flexibility index (Phi) is 8.99. The van der Waals surface area contributed by atoms with Crippen LogP contribution in [0.4, 0.5) is 11.8 Å². The summed E-state index contributed by atoms with van der Waals surface area (Å²) in [4.78, 5) is 19.2. The van der Waals surface area contributed by atoms with Gasteiger partial charge in [-0.15, -0.1) is 0 Å². The van der Waals surface area contributed by atoms with Gasteiger partial charge < -0.3 is 31.2 Å². The van der Waals surface area contributed by atoms with Crippen LogP contribution in [0.1, 0.15) is 49.7 Å². The first-order valence-corrected chi connectivity index (χ1v) is 13.8. The lowest BCUT2D eigenvalue weighted by Gasteiger charge is -2.27. The molecule has 194 valence electrons. The number of imidazole rings is 1. The van der Waals surface area contributed by atoms with Crippen molar-refractivity contribution in [2.45, 2.75) is 57.5 Å². The first-order chi connectivity index (χ1) is 17.8. The van der Waals surface area contributed by atoms with E-state index in [0.29, 0.717) is 12.2 Å². The van der Waals surface area contributed by atoms with Crippen molar-refractivity contribution in [1.82, 2.24) is 35.9 Å². The van der Waals surface area contributed by atoms with Crippen molar-refractivity contribution in [3.8, 4) is 0 Å². The van der Waals surface area contributed by atoms with E-state index in [1.807, 2.05) is 0 Å². The molecule has 3 heterocycles. The van der Waals surface area contributed by atoms with Crippen molar-refractivity contribution in [2.24, 2.45) is 0 Å². The molecule has 2 fully saturated rings. The fourth-order valence-electron chi connectivity index (χ4n) is 5.15. The van der Waals surface area contributed by atoms with Crippen molar-refractivity contribution >= 4 is 22.9 Å². The smallest absolute Gasteiger partial charge is 0.229 e. The fraction of sp³-hybridized carbons (Fsp3) is 0.593. The predicted octanol–water partition coefficient (Wildman–Crippen LogP) is 2.82. The number of nitrogens with one attached hydrogen (secondary N) is 5. The SMILES string of the molecule is c1nc2nc(N3CCNCC3)nc(NCc3ccc(CCNCCCNC4CCCCC4)cc3)c2[nH]1. The van der Waals surface area contributed by atoms with E-state index in [2.05, 4.69) is 65.4 Å². The molecule has 5 rings (SSSR count). The molecule has 36 heavy (non-hydrogen) atoms. The maximum Gasteiger partial charge on any atom is 0.229 e. The molecule has 1 aliphatic heterocycles. The summed E-state index contributed by atoms with van der Waals surface area (Å²) in [5.74, 6) is 1.54. The number of fused-ring (bicyclic) bond motifs is 1. The Bertz CT molecular complexity index is 1050. The third-order valence-electron chi connectivity index (χ3n) is 7.32. The molecule has 0 atom stereocenters. The van der Waals surface area contributed by atoms with Gasteiger partial charge >= 0.3 is 0 Å². The summed E-state index contributed by atoms with van der Waals surface area (Å²) in [6, 6.07) is 9.65. The van der Waals surface area contributed by atoms with Gasteiger partial charge in [-0.2, -0.15) is 9.97 Å². The molecule has 0 bridgehead atoms. The number of aromatic amines is 1. The molecule has 2 aromatic heterocycles. The Morgan fingerprint density at radius 1 is 0.917 bits per heavy atom. The van der Waals surface area contributed by atoms with E-state index in [0.717, 1.165) is 75.6 Å². The van der Waals surface area contributed by atoms with Crippen LogP contribution in [0.2, 0.25) is 0 Å². The molecule has 0 radical (unpaired) electrons. The van der Waals surface area contributed by atoms with Gasteiger partial charge in [0.25, 0.3) is 0 Å². The summed E-state index contributed by atoms with van der Waals surface area (Å²) in [6.07, 6.45) is 10.9. The average molecular weight is 492 g/mol. The van der Waals surface area contributed by atoms with Gasteiger partial charge in [0.2, 0.25) is 5.95 Å². The second-order valence-corrected chi connectivity index (χ2v) is 10.0. The number of anilines is 2. The van der Waals surface area contributed by atoms with Gasteiger partial charge in [0.15, 0.2) is 11.5 Å². The van der Waals surface area contributed by atoms with Gasteiger partial charge in [-0.3, -0.25) is 0 Å². The van der Waals surface area contributed by atoms with Gasteiger partial charge in [0.1, 0.15) is 5.52 Å². The van der Waals surface area contributed by atoms with Crippen molar-refractivity contribution < 1.29 is 0 Å². The Labute approximate surface area is 214 Å². The van der Waals surface area contributed by atoms with Crippen molar-refractivity contribution in [1.29, 1.82) is 0 Å². The molecule has 0 spiro atoms. The standard InChI is InChI=1S/C27H41N9/c1-2-5-23(6-3-1)30-13-4-12-28-14-11-21-7-9-22(10-8-21)19-31-25-24-26(33-20-32-24)35-27(34-25)36-17-15-29-16-18-36/h7-10,20,23,28-30H,1-6,11-19H2,(H2,31,32,33,34,35). The summed E-state index contributed by atoms with van der Waals surface area (Å²) in [7, 11) is 0. The number of aromatic nitrogens is 4. The van der Waals surface area contributed by atoms with Crippen molar-refractivity contribution in [3.63, 3.8) is 0 Å². The summed E-state index contributed by atoms with van der Waals surface area (Å²) in [6.45, 7) is 7.65. The van der Waals surface area contributed by atoms with Crippen molar-refractivity contribution in [3.05, 3.63) is 41.7 Å². The normalized spacial score (nSPS) is 17.1. The quantitative estimate of drug-likeness (QED) is 0.246. The van der Waals surface area contributed by atoms with Gasteiger partial charge in [-0.1, -0.05) is 43.5 Å². The number of benzene rings is 1. The van der Waals surface area contributed by atoms with Gasteiger partial charge in [0, 0.05) is 38.8 Å². The third-order valence-corrected chi connectivity index (χ3v) is 7.32. The van der Waals surface area contributed by atoms with Crippen LogP contribution in [0.15, 0.2) is 30.6 Å². The van der Waals surface area contributed by atoms with Crippen LogP contribution in [-0.4, -0.2) is 71.8 Å².